The van der Waals surface area contributed by atoms with Crippen LogP contribution in [0, 0.1) is 6.92 Å². The van der Waals surface area contributed by atoms with Crippen LogP contribution in [0.25, 0.3) is 0 Å². The molecule has 1 aromatic carbocycles. The molecule has 2 aromatic rings. The van der Waals surface area contributed by atoms with Crippen LogP contribution in [0.1, 0.15) is 42.0 Å². The van der Waals surface area contributed by atoms with Gasteiger partial charge in [0, 0.05) is 24.7 Å². The third-order valence-electron chi connectivity index (χ3n) is 5.55. The van der Waals surface area contributed by atoms with Crippen molar-refractivity contribution in [3.05, 3.63) is 47.3 Å². The van der Waals surface area contributed by atoms with Crippen molar-refractivity contribution in [2.24, 2.45) is 0 Å². The second-order valence-corrected chi connectivity index (χ2v) is 7.01. The number of amides is 1. The number of carbonyl (C=O) groups is 1. The summed E-state index contributed by atoms with van der Waals surface area (Å²) in [6.45, 7) is 3.70. The van der Waals surface area contributed by atoms with Crippen molar-refractivity contribution >= 4 is 5.91 Å². The molecule has 0 spiro atoms. The first-order valence-electron chi connectivity index (χ1n) is 8.58. The maximum absolute atomic E-state index is 13.2. The van der Waals surface area contributed by atoms with Gasteiger partial charge in [0.25, 0.3) is 0 Å². The molecule has 0 radical (unpaired) electrons. The van der Waals surface area contributed by atoms with Crippen molar-refractivity contribution in [1.29, 1.82) is 0 Å². The molecule has 2 fully saturated rings. The molecule has 4 rings (SSSR count). The number of likely N-dealkylation sites (tertiary alicyclic amines) is 1. The Morgan fingerprint density at radius 2 is 2.08 bits per heavy atom. The monoisotopic (exact) mass is 325 g/mol. The first kappa shape index (κ1) is 15.2. The van der Waals surface area contributed by atoms with Crippen LogP contribution in [0.5, 0.6) is 5.75 Å². The molecule has 5 heteroatoms. The Morgan fingerprint density at radius 3 is 2.67 bits per heavy atom. The highest BCUT2D eigenvalue weighted by Crippen LogP contribution is 2.50. The number of hydrogen-bond acceptors (Lipinski definition) is 3. The summed E-state index contributed by atoms with van der Waals surface area (Å²) in [5.74, 6) is 1.49. The Labute approximate surface area is 142 Å². The van der Waals surface area contributed by atoms with Crippen LogP contribution in [-0.2, 0) is 10.2 Å². The largest absolute Gasteiger partial charge is 0.497 e. The Morgan fingerprint density at radius 1 is 1.33 bits per heavy atom. The molecule has 1 N–H and O–H groups in total. The lowest BCUT2D eigenvalue weighted by Gasteiger charge is -2.24. The first-order valence-corrected chi connectivity index (χ1v) is 8.58. The fourth-order valence-electron chi connectivity index (χ4n) is 3.91. The average Bonchev–Trinajstić information content (AvgIpc) is 3.07. The van der Waals surface area contributed by atoms with E-state index in [1.165, 1.54) is 11.3 Å². The molecule has 5 nitrogen and oxygen atoms in total. The van der Waals surface area contributed by atoms with Gasteiger partial charge in [0.1, 0.15) is 5.75 Å². The van der Waals surface area contributed by atoms with Crippen LogP contribution in [-0.4, -0.2) is 41.2 Å². The van der Waals surface area contributed by atoms with Crippen LogP contribution in [0.4, 0.5) is 0 Å². The molecule has 0 bridgehead atoms. The van der Waals surface area contributed by atoms with E-state index in [9.17, 15) is 4.79 Å². The number of nitrogens with one attached hydrogen (secondary N) is 1. The number of methoxy groups -OCH3 is 1. The predicted octanol–water partition coefficient (Wildman–Crippen LogP) is 2.77. The minimum atomic E-state index is -0.301. The summed E-state index contributed by atoms with van der Waals surface area (Å²) in [7, 11) is 1.66. The van der Waals surface area contributed by atoms with Gasteiger partial charge in [-0.05, 0) is 49.4 Å². The lowest BCUT2D eigenvalue weighted by molar-refractivity contribution is -0.132. The van der Waals surface area contributed by atoms with E-state index in [0.29, 0.717) is 5.92 Å². The summed E-state index contributed by atoms with van der Waals surface area (Å²) >= 11 is 0. The number of hydrogen-bond donors (Lipinski definition) is 1. The molecule has 1 amide bonds. The Kier molecular flexibility index (Phi) is 3.59. The molecule has 1 saturated heterocycles. The van der Waals surface area contributed by atoms with E-state index in [2.05, 4.69) is 17.1 Å². The van der Waals surface area contributed by atoms with Crippen LogP contribution < -0.4 is 4.74 Å². The lowest BCUT2D eigenvalue weighted by atomic mass is 9.94. The summed E-state index contributed by atoms with van der Waals surface area (Å²) in [5, 5.41) is 7.22. The Bertz CT molecular complexity index is 746. The number of nitrogens with zero attached hydrogens (tertiary/aromatic N) is 2. The van der Waals surface area contributed by atoms with Gasteiger partial charge in [0.2, 0.25) is 5.91 Å². The molecule has 126 valence electrons. The maximum atomic E-state index is 13.2. The van der Waals surface area contributed by atoms with E-state index in [-0.39, 0.29) is 11.3 Å². The predicted molar refractivity (Wildman–Crippen MR) is 91.2 cm³/mol. The van der Waals surface area contributed by atoms with Gasteiger partial charge in [0.05, 0.1) is 18.7 Å². The van der Waals surface area contributed by atoms with Crippen molar-refractivity contribution in [1.82, 2.24) is 15.1 Å². The van der Waals surface area contributed by atoms with Gasteiger partial charge in [-0.1, -0.05) is 12.1 Å². The zero-order chi connectivity index (χ0) is 16.7. The highest BCUT2D eigenvalue weighted by Gasteiger charge is 2.53. The van der Waals surface area contributed by atoms with Crippen molar-refractivity contribution < 1.29 is 9.53 Å². The zero-order valence-electron chi connectivity index (χ0n) is 14.2. The number of H-pyrrole nitrogens is 1. The molecule has 0 unspecified atom stereocenters. The van der Waals surface area contributed by atoms with E-state index < -0.39 is 0 Å². The second kappa shape index (κ2) is 5.65. The SMILES string of the molecule is COc1ccc(C2(C(=O)N3CC[C@H](c4[nH]ncc4C)C3)CC2)cc1. The number of aromatic nitrogens is 2. The van der Waals surface area contributed by atoms with E-state index in [1.54, 1.807) is 7.11 Å². The zero-order valence-corrected chi connectivity index (χ0v) is 14.2. The highest BCUT2D eigenvalue weighted by atomic mass is 16.5. The van der Waals surface area contributed by atoms with Gasteiger partial charge in [-0.25, -0.2) is 0 Å². The summed E-state index contributed by atoms with van der Waals surface area (Å²) in [4.78, 5) is 15.2. The van der Waals surface area contributed by atoms with Crippen LogP contribution in [0.3, 0.4) is 0 Å². The topological polar surface area (TPSA) is 58.2 Å². The van der Waals surface area contributed by atoms with E-state index in [4.69, 9.17) is 4.74 Å². The first-order chi connectivity index (χ1) is 11.6. The molecule has 24 heavy (non-hydrogen) atoms. The number of aryl methyl sites for hydroxylation is 1. The quantitative estimate of drug-likeness (QED) is 0.940. The number of rotatable bonds is 4. The standard InChI is InChI=1S/C19H23N3O2/c1-13-11-20-21-17(13)14-7-10-22(12-14)18(23)19(8-9-19)15-3-5-16(24-2)6-4-15/h3-6,11,14H,7-10,12H2,1-2H3,(H,20,21)/t14-/m0/s1. The van der Waals surface area contributed by atoms with E-state index >= 15 is 0 Å². The highest BCUT2D eigenvalue weighted by molar-refractivity contribution is 5.91. The van der Waals surface area contributed by atoms with Crippen molar-refractivity contribution in [3.63, 3.8) is 0 Å². The molecular formula is C19H23N3O2. The molecular weight excluding hydrogens is 302 g/mol. The summed E-state index contributed by atoms with van der Waals surface area (Å²) < 4.78 is 5.22. The summed E-state index contributed by atoms with van der Waals surface area (Å²) in [6.07, 6.45) is 4.76. The van der Waals surface area contributed by atoms with Gasteiger partial charge in [-0.3, -0.25) is 9.89 Å². The minimum Gasteiger partial charge on any atom is -0.497 e. The lowest BCUT2D eigenvalue weighted by Crippen LogP contribution is -2.37. The summed E-state index contributed by atoms with van der Waals surface area (Å²) in [5.41, 5.74) is 3.18. The molecule has 1 aliphatic carbocycles. The number of carbonyl (C=O) groups excluding carboxylic acids is 1. The van der Waals surface area contributed by atoms with Gasteiger partial charge in [-0.2, -0.15) is 5.10 Å². The van der Waals surface area contributed by atoms with Gasteiger partial charge in [-0.15, -0.1) is 0 Å². The van der Waals surface area contributed by atoms with E-state index in [1.807, 2.05) is 35.4 Å². The van der Waals surface area contributed by atoms with Gasteiger partial charge >= 0.3 is 0 Å². The van der Waals surface area contributed by atoms with Gasteiger partial charge in [0.15, 0.2) is 0 Å². The third-order valence-corrected chi connectivity index (χ3v) is 5.55. The fourth-order valence-corrected chi connectivity index (χ4v) is 3.91. The average molecular weight is 325 g/mol. The fraction of sp³-hybridized carbons (Fsp3) is 0.474. The van der Waals surface area contributed by atoms with Gasteiger partial charge < -0.3 is 9.64 Å². The van der Waals surface area contributed by atoms with Crippen LogP contribution in [0.2, 0.25) is 0 Å². The molecule has 1 atom stereocenters. The van der Waals surface area contributed by atoms with Crippen LogP contribution in [0.15, 0.2) is 30.5 Å². The number of benzene rings is 1. The minimum absolute atomic E-state index is 0.285. The Hall–Kier alpha value is -2.30. The number of ether oxygens (including phenoxy) is 1. The smallest absolute Gasteiger partial charge is 0.233 e. The van der Waals surface area contributed by atoms with Crippen molar-refractivity contribution in [2.75, 3.05) is 20.2 Å². The summed E-state index contributed by atoms with van der Waals surface area (Å²) in [6, 6.07) is 7.97. The van der Waals surface area contributed by atoms with E-state index in [0.717, 1.165) is 43.7 Å². The van der Waals surface area contributed by atoms with Crippen molar-refractivity contribution in [3.8, 4) is 5.75 Å². The molecule has 1 aliphatic heterocycles. The Balaban J connectivity index is 1.50. The molecule has 1 aromatic heterocycles. The molecule has 1 saturated carbocycles. The van der Waals surface area contributed by atoms with Crippen LogP contribution >= 0.6 is 0 Å². The van der Waals surface area contributed by atoms with Crippen molar-refractivity contribution in [2.45, 2.75) is 37.5 Å². The molecule has 2 heterocycles. The molecule has 2 aliphatic rings. The maximum Gasteiger partial charge on any atom is 0.233 e. The second-order valence-electron chi connectivity index (χ2n) is 7.01. The normalized spacial score (nSPS) is 21.8. The number of aromatic amines is 1. The third kappa shape index (κ3) is 2.39.